The minimum absolute atomic E-state index is 0.359. The molecule has 0 aliphatic heterocycles. The molecule has 0 spiro atoms. The molecule has 1 aliphatic carbocycles. The van der Waals surface area contributed by atoms with Gasteiger partial charge < -0.3 is 0 Å². The van der Waals surface area contributed by atoms with Gasteiger partial charge in [0.05, 0.1) is 5.56 Å². The zero-order valence-electron chi connectivity index (χ0n) is 8.51. The van der Waals surface area contributed by atoms with Crippen molar-refractivity contribution in [2.24, 2.45) is 5.92 Å². The van der Waals surface area contributed by atoms with Gasteiger partial charge in [-0.2, -0.15) is 13.2 Å². The van der Waals surface area contributed by atoms with Crippen LogP contribution in [-0.4, -0.2) is 0 Å². The second-order valence-electron chi connectivity index (χ2n) is 4.13. The lowest BCUT2D eigenvalue weighted by molar-refractivity contribution is -0.137. The van der Waals surface area contributed by atoms with Crippen molar-refractivity contribution in [3.05, 3.63) is 35.4 Å². The van der Waals surface area contributed by atoms with Crippen molar-refractivity contribution in [2.45, 2.75) is 31.9 Å². The minimum atomic E-state index is -4.22. The van der Waals surface area contributed by atoms with Crippen molar-refractivity contribution in [3.8, 4) is 0 Å². The van der Waals surface area contributed by atoms with Crippen LogP contribution < -0.4 is 0 Å². The molecule has 1 aliphatic rings. The molecule has 0 saturated heterocycles. The third kappa shape index (κ3) is 2.16. The van der Waals surface area contributed by atoms with Crippen LogP contribution in [0.4, 0.5) is 13.2 Å². The second kappa shape index (κ2) is 3.54. The Balaban J connectivity index is 2.21. The van der Waals surface area contributed by atoms with Crippen LogP contribution in [0.1, 0.15) is 36.8 Å². The standard InChI is InChI=1S/C12H13F3/c1-2-8-7-11(8)9-4-3-5-10(6-9)12(13,14)15/h3-6,8,11H,2,7H2,1H3. The Kier molecular flexibility index (Phi) is 2.49. The van der Waals surface area contributed by atoms with E-state index in [1.165, 1.54) is 12.1 Å². The number of alkyl halides is 3. The Bertz CT molecular complexity index is 354. The molecule has 0 amide bonds. The fraction of sp³-hybridized carbons (Fsp3) is 0.500. The van der Waals surface area contributed by atoms with Crippen molar-refractivity contribution in [3.63, 3.8) is 0 Å². The van der Waals surface area contributed by atoms with E-state index in [4.69, 9.17) is 0 Å². The molecule has 0 bridgehead atoms. The van der Waals surface area contributed by atoms with Gasteiger partial charge in [0.25, 0.3) is 0 Å². The Morgan fingerprint density at radius 3 is 2.60 bits per heavy atom. The first-order chi connectivity index (χ1) is 7.02. The summed E-state index contributed by atoms with van der Waals surface area (Å²) in [6.07, 6.45) is -2.12. The zero-order chi connectivity index (χ0) is 11.1. The Morgan fingerprint density at radius 1 is 1.33 bits per heavy atom. The Morgan fingerprint density at radius 2 is 2.07 bits per heavy atom. The van der Waals surface area contributed by atoms with E-state index in [9.17, 15) is 13.2 Å². The lowest BCUT2D eigenvalue weighted by Gasteiger charge is -2.08. The molecule has 0 aromatic heterocycles. The molecule has 0 nitrogen and oxygen atoms in total. The van der Waals surface area contributed by atoms with Gasteiger partial charge >= 0.3 is 6.18 Å². The van der Waals surface area contributed by atoms with Crippen LogP contribution in [-0.2, 0) is 6.18 Å². The van der Waals surface area contributed by atoms with E-state index in [0.717, 1.165) is 24.5 Å². The zero-order valence-corrected chi connectivity index (χ0v) is 8.51. The molecule has 82 valence electrons. The summed E-state index contributed by atoms with van der Waals surface area (Å²) in [6.45, 7) is 2.08. The summed E-state index contributed by atoms with van der Waals surface area (Å²) in [5, 5.41) is 0. The van der Waals surface area contributed by atoms with Gasteiger partial charge in [-0.05, 0) is 29.9 Å². The monoisotopic (exact) mass is 214 g/mol. The van der Waals surface area contributed by atoms with Crippen molar-refractivity contribution in [1.82, 2.24) is 0 Å². The Hall–Kier alpha value is -0.990. The van der Waals surface area contributed by atoms with E-state index in [-0.39, 0.29) is 0 Å². The third-order valence-corrected chi connectivity index (χ3v) is 3.09. The molecule has 0 heterocycles. The molecule has 2 rings (SSSR count). The molecule has 2 unspecified atom stereocenters. The van der Waals surface area contributed by atoms with Crippen molar-refractivity contribution < 1.29 is 13.2 Å². The van der Waals surface area contributed by atoms with Crippen LogP contribution in [0.15, 0.2) is 24.3 Å². The van der Waals surface area contributed by atoms with Crippen LogP contribution in [0.3, 0.4) is 0 Å². The average Bonchev–Trinajstić information content (AvgIpc) is 2.95. The normalized spacial score (nSPS) is 25.3. The lowest BCUT2D eigenvalue weighted by Crippen LogP contribution is -2.05. The lowest BCUT2D eigenvalue weighted by atomic mass is 10.0. The van der Waals surface area contributed by atoms with Gasteiger partial charge in [0.15, 0.2) is 0 Å². The average molecular weight is 214 g/mol. The second-order valence-corrected chi connectivity index (χ2v) is 4.13. The molecule has 1 fully saturated rings. The Labute approximate surface area is 87.1 Å². The fourth-order valence-corrected chi connectivity index (χ4v) is 2.05. The number of rotatable bonds is 2. The van der Waals surface area contributed by atoms with E-state index >= 15 is 0 Å². The van der Waals surface area contributed by atoms with Gasteiger partial charge in [-0.25, -0.2) is 0 Å². The largest absolute Gasteiger partial charge is 0.416 e. The highest BCUT2D eigenvalue weighted by molar-refractivity contribution is 5.31. The highest BCUT2D eigenvalue weighted by atomic mass is 19.4. The maximum atomic E-state index is 12.4. The maximum Gasteiger partial charge on any atom is 0.416 e. The summed E-state index contributed by atoms with van der Waals surface area (Å²) < 4.78 is 37.3. The van der Waals surface area contributed by atoms with Crippen molar-refractivity contribution in [1.29, 1.82) is 0 Å². The van der Waals surface area contributed by atoms with E-state index in [0.29, 0.717) is 11.8 Å². The summed E-state index contributed by atoms with van der Waals surface area (Å²) in [5.41, 5.74) is 0.318. The molecule has 1 aromatic rings. The summed E-state index contributed by atoms with van der Waals surface area (Å²) >= 11 is 0. The van der Waals surface area contributed by atoms with Crippen LogP contribution in [0.25, 0.3) is 0 Å². The van der Waals surface area contributed by atoms with Crippen LogP contribution in [0.5, 0.6) is 0 Å². The molecule has 0 N–H and O–H groups in total. The predicted octanol–water partition coefficient (Wildman–Crippen LogP) is 4.22. The third-order valence-electron chi connectivity index (χ3n) is 3.09. The van der Waals surface area contributed by atoms with Crippen molar-refractivity contribution >= 4 is 0 Å². The van der Waals surface area contributed by atoms with Gasteiger partial charge in [-0.1, -0.05) is 31.5 Å². The quantitative estimate of drug-likeness (QED) is 0.691. The first kappa shape index (κ1) is 10.5. The number of halogens is 3. The molecule has 0 radical (unpaired) electrons. The highest BCUT2D eigenvalue weighted by Gasteiger charge is 2.38. The van der Waals surface area contributed by atoms with Gasteiger partial charge in [-0.3, -0.25) is 0 Å². The van der Waals surface area contributed by atoms with E-state index in [1.807, 2.05) is 0 Å². The number of hydrogen-bond acceptors (Lipinski definition) is 0. The van der Waals surface area contributed by atoms with Crippen LogP contribution >= 0.6 is 0 Å². The van der Waals surface area contributed by atoms with Gasteiger partial charge in [0.1, 0.15) is 0 Å². The predicted molar refractivity (Wildman–Crippen MR) is 52.6 cm³/mol. The number of benzene rings is 1. The SMILES string of the molecule is CCC1CC1c1cccc(C(F)(F)F)c1. The molecule has 2 atom stereocenters. The van der Waals surface area contributed by atoms with Crippen LogP contribution in [0.2, 0.25) is 0 Å². The van der Waals surface area contributed by atoms with Crippen molar-refractivity contribution in [2.75, 3.05) is 0 Å². The molecule has 15 heavy (non-hydrogen) atoms. The topological polar surface area (TPSA) is 0 Å². The van der Waals surface area contributed by atoms with Gasteiger partial charge in [-0.15, -0.1) is 0 Å². The van der Waals surface area contributed by atoms with E-state index in [1.54, 1.807) is 6.07 Å². The minimum Gasteiger partial charge on any atom is -0.166 e. The van der Waals surface area contributed by atoms with E-state index in [2.05, 4.69) is 6.92 Å². The van der Waals surface area contributed by atoms with Crippen LogP contribution in [0, 0.1) is 5.92 Å². The molecular formula is C12H13F3. The molecule has 1 aromatic carbocycles. The molecule has 3 heteroatoms. The smallest absolute Gasteiger partial charge is 0.166 e. The number of hydrogen-bond donors (Lipinski definition) is 0. The van der Waals surface area contributed by atoms with E-state index < -0.39 is 11.7 Å². The summed E-state index contributed by atoms with van der Waals surface area (Å²) in [4.78, 5) is 0. The highest BCUT2D eigenvalue weighted by Crippen LogP contribution is 2.49. The molecule has 1 saturated carbocycles. The first-order valence-corrected chi connectivity index (χ1v) is 5.19. The summed E-state index contributed by atoms with van der Waals surface area (Å²) in [6, 6.07) is 5.73. The van der Waals surface area contributed by atoms with Gasteiger partial charge in [0, 0.05) is 0 Å². The van der Waals surface area contributed by atoms with Gasteiger partial charge in [0.2, 0.25) is 0 Å². The maximum absolute atomic E-state index is 12.4. The molecular weight excluding hydrogens is 201 g/mol. The summed E-state index contributed by atoms with van der Waals surface area (Å²) in [7, 11) is 0. The fourth-order valence-electron chi connectivity index (χ4n) is 2.05. The summed E-state index contributed by atoms with van der Waals surface area (Å²) in [5.74, 6) is 0.950. The first-order valence-electron chi connectivity index (χ1n) is 5.19.